The van der Waals surface area contributed by atoms with E-state index in [1.807, 2.05) is 24.3 Å². The fourth-order valence-electron chi connectivity index (χ4n) is 2.90. The summed E-state index contributed by atoms with van der Waals surface area (Å²) in [4.78, 5) is 12.1. The number of nitrogens with one attached hydrogen (secondary N) is 1. The van der Waals surface area contributed by atoms with Crippen molar-refractivity contribution in [1.29, 1.82) is 0 Å². The number of allylic oxidation sites excluding steroid dienone is 2. The smallest absolute Gasteiger partial charge is 0.158 e. The summed E-state index contributed by atoms with van der Waals surface area (Å²) in [6.07, 6.45) is 2.92. The molecule has 24 heavy (non-hydrogen) atoms. The molecule has 5 heteroatoms. The summed E-state index contributed by atoms with van der Waals surface area (Å²) in [6, 6.07) is 13.1. The Balaban J connectivity index is 1.78. The zero-order valence-electron chi connectivity index (χ0n) is 13.2. The van der Waals surface area contributed by atoms with E-state index < -0.39 is 0 Å². The van der Waals surface area contributed by atoms with Gasteiger partial charge in [-0.1, -0.05) is 35.3 Å². The van der Waals surface area contributed by atoms with Gasteiger partial charge in [0.25, 0.3) is 0 Å². The first-order valence-electron chi connectivity index (χ1n) is 7.64. The van der Waals surface area contributed by atoms with Crippen LogP contribution in [0.2, 0.25) is 10.0 Å². The molecule has 0 spiro atoms. The van der Waals surface area contributed by atoms with Crippen molar-refractivity contribution in [1.82, 2.24) is 0 Å². The van der Waals surface area contributed by atoms with Crippen molar-refractivity contribution in [3.05, 3.63) is 69.8 Å². The highest BCUT2D eigenvalue weighted by Gasteiger charge is 2.22. The Hall–Kier alpha value is -1.97. The third-order valence-electron chi connectivity index (χ3n) is 4.00. The molecule has 3 rings (SSSR count). The predicted molar refractivity (Wildman–Crippen MR) is 98.1 cm³/mol. The molecule has 2 aromatic rings. The maximum absolute atomic E-state index is 12.1. The van der Waals surface area contributed by atoms with Gasteiger partial charge < -0.3 is 10.1 Å². The van der Waals surface area contributed by atoms with Crippen molar-refractivity contribution in [3.8, 4) is 5.75 Å². The van der Waals surface area contributed by atoms with Crippen LogP contribution in [0.25, 0.3) is 0 Å². The second kappa shape index (κ2) is 7.29. The predicted octanol–water partition coefficient (Wildman–Crippen LogP) is 5.44. The highest BCUT2D eigenvalue weighted by Crippen LogP contribution is 2.33. The van der Waals surface area contributed by atoms with Crippen LogP contribution in [-0.2, 0) is 4.79 Å². The Labute approximate surface area is 151 Å². The molecule has 124 valence electrons. The lowest BCUT2D eigenvalue weighted by Gasteiger charge is -2.23. The van der Waals surface area contributed by atoms with Crippen molar-refractivity contribution in [3.63, 3.8) is 0 Å². The second-order valence-electron chi connectivity index (χ2n) is 5.80. The minimum atomic E-state index is 0.109. The third kappa shape index (κ3) is 4.11. The van der Waals surface area contributed by atoms with Gasteiger partial charge in [0.05, 0.1) is 7.11 Å². The summed E-state index contributed by atoms with van der Waals surface area (Å²) in [5.41, 5.74) is 2.77. The zero-order chi connectivity index (χ0) is 17.1. The summed E-state index contributed by atoms with van der Waals surface area (Å²) in [6.45, 7) is 0. The SMILES string of the molecule is COc1ccc(C2CC(=O)C=C(Nc3cc(Cl)cc(Cl)c3)C2)cc1. The minimum absolute atomic E-state index is 0.109. The number of carbonyl (C=O) groups excluding carboxylic acids is 1. The summed E-state index contributed by atoms with van der Waals surface area (Å²) < 4.78 is 5.18. The molecule has 0 aromatic heterocycles. The van der Waals surface area contributed by atoms with Crippen LogP contribution in [0.1, 0.15) is 24.3 Å². The van der Waals surface area contributed by atoms with Crippen LogP contribution in [0, 0.1) is 0 Å². The second-order valence-corrected chi connectivity index (χ2v) is 6.67. The molecule has 0 aliphatic heterocycles. The number of ketones is 1. The zero-order valence-corrected chi connectivity index (χ0v) is 14.7. The summed E-state index contributed by atoms with van der Waals surface area (Å²) in [5, 5.41) is 4.37. The Bertz CT molecular complexity index is 764. The molecular formula is C19H17Cl2NO2. The van der Waals surface area contributed by atoms with E-state index in [4.69, 9.17) is 27.9 Å². The van der Waals surface area contributed by atoms with Gasteiger partial charge in [-0.15, -0.1) is 0 Å². The first-order chi connectivity index (χ1) is 11.5. The Kier molecular flexibility index (Phi) is 5.12. The van der Waals surface area contributed by atoms with E-state index in [-0.39, 0.29) is 11.7 Å². The Morgan fingerprint density at radius 2 is 1.71 bits per heavy atom. The number of hydrogen-bond donors (Lipinski definition) is 1. The fourth-order valence-corrected chi connectivity index (χ4v) is 3.43. The minimum Gasteiger partial charge on any atom is -0.497 e. The highest BCUT2D eigenvalue weighted by molar-refractivity contribution is 6.35. The van der Waals surface area contributed by atoms with E-state index in [0.29, 0.717) is 16.5 Å². The van der Waals surface area contributed by atoms with Crippen molar-refractivity contribution >= 4 is 34.7 Å². The van der Waals surface area contributed by atoms with E-state index in [1.54, 1.807) is 31.4 Å². The molecule has 0 fully saturated rings. The van der Waals surface area contributed by atoms with Crippen LogP contribution in [0.4, 0.5) is 5.69 Å². The molecule has 1 N–H and O–H groups in total. The van der Waals surface area contributed by atoms with Crippen LogP contribution in [0.15, 0.2) is 54.2 Å². The molecule has 0 saturated carbocycles. The maximum atomic E-state index is 12.1. The van der Waals surface area contributed by atoms with Gasteiger partial charge in [0.15, 0.2) is 5.78 Å². The largest absolute Gasteiger partial charge is 0.497 e. The van der Waals surface area contributed by atoms with Crippen LogP contribution in [-0.4, -0.2) is 12.9 Å². The van der Waals surface area contributed by atoms with E-state index in [0.717, 1.165) is 29.1 Å². The molecule has 1 aliphatic rings. The van der Waals surface area contributed by atoms with E-state index in [9.17, 15) is 4.79 Å². The normalized spacial score (nSPS) is 17.4. The number of methoxy groups -OCH3 is 1. The standard InChI is InChI=1S/C19H17Cl2NO2/c1-24-19-4-2-12(3-5-19)13-6-16(11-18(23)7-13)22-17-9-14(20)8-15(21)10-17/h2-5,8-11,13,22H,6-7H2,1H3. The van der Waals surface area contributed by atoms with Gasteiger partial charge >= 0.3 is 0 Å². The lowest BCUT2D eigenvalue weighted by Crippen LogP contribution is -2.16. The molecule has 2 aromatic carbocycles. The van der Waals surface area contributed by atoms with Gasteiger partial charge in [-0.2, -0.15) is 0 Å². The van der Waals surface area contributed by atoms with Gasteiger partial charge in [-0.3, -0.25) is 4.79 Å². The average molecular weight is 362 g/mol. The molecule has 0 amide bonds. The average Bonchev–Trinajstić information content (AvgIpc) is 2.53. The van der Waals surface area contributed by atoms with Crippen molar-refractivity contribution in [2.45, 2.75) is 18.8 Å². The third-order valence-corrected chi connectivity index (χ3v) is 4.44. The lowest BCUT2D eigenvalue weighted by molar-refractivity contribution is -0.115. The van der Waals surface area contributed by atoms with Gasteiger partial charge in [-0.25, -0.2) is 0 Å². The monoisotopic (exact) mass is 361 g/mol. The number of halogens is 2. The summed E-state index contributed by atoms with van der Waals surface area (Å²) in [7, 11) is 1.64. The molecule has 0 heterocycles. The topological polar surface area (TPSA) is 38.3 Å². The first kappa shape index (κ1) is 16.9. The number of ether oxygens (including phenoxy) is 1. The van der Waals surface area contributed by atoms with Crippen LogP contribution >= 0.6 is 23.2 Å². The number of rotatable bonds is 4. The molecule has 1 aliphatic carbocycles. The van der Waals surface area contributed by atoms with Crippen molar-refractivity contribution in [2.75, 3.05) is 12.4 Å². The molecule has 1 unspecified atom stereocenters. The van der Waals surface area contributed by atoms with E-state index in [2.05, 4.69) is 5.32 Å². The number of anilines is 1. The number of benzene rings is 2. The van der Waals surface area contributed by atoms with Gasteiger partial charge in [0.2, 0.25) is 0 Å². The summed E-state index contributed by atoms with van der Waals surface area (Å²) in [5.74, 6) is 1.06. The molecule has 3 nitrogen and oxygen atoms in total. The Morgan fingerprint density at radius 3 is 2.33 bits per heavy atom. The summed E-state index contributed by atoms with van der Waals surface area (Å²) >= 11 is 12.1. The Morgan fingerprint density at radius 1 is 1.04 bits per heavy atom. The van der Waals surface area contributed by atoms with Crippen LogP contribution in [0.3, 0.4) is 0 Å². The number of hydrogen-bond acceptors (Lipinski definition) is 3. The highest BCUT2D eigenvalue weighted by atomic mass is 35.5. The lowest BCUT2D eigenvalue weighted by atomic mass is 9.85. The van der Waals surface area contributed by atoms with Crippen LogP contribution in [0.5, 0.6) is 5.75 Å². The quantitative estimate of drug-likeness (QED) is 0.787. The number of carbonyl (C=O) groups is 1. The maximum Gasteiger partial charge on any atom is 0.158 e. The molecular weight excluding hydrogens is 345 g/mol. The van der Waals surface area contributed by atoms with Gasteiger partial charge in [0.1, 0.15) is 5.75 Å². The molecule has 0 radical (unpaired) electrons. The van der Waals surface area contributed by atoms with Gasteiger partial charge in [-0.05, 0) is 48.2 Å². The van der Waals surface area contributed by atoms with Crippen molar-refractivity contribution < 1.29 is 9.53 Å². The molecule has 0 saturated heterocycles. The van der Waals surface area contributed by atoms with E-state index in [1.165, 1.54) is 0 Å². The first-order valence-corrected chi connectivity index (χ1v) is 8.39. The van der Waals surface area contributed by atoms with Crippen LogP contribution < -0.4 is 10.1 Å². The fraction of sp³-hybridized carbons (Fsp3) is 0.211. The molecule has 1 atom stereocenters. The molecule has 0 bridgehead atoms. The van der Waals surface area contributed by atoms with E-state index >= 15 is 0 Å². The van der Waals surface area contributed by atoms with Gasteiger partial charge in [0, 0.05) is 33.9 Å². The van der Waals surface area contributed by atoms with Crippen molar-refractivity contribution in [2.24, 2.45) is 0 Å².